The Morgan fingerprint density at radius 3 is 2.88 bits per heavy atom. The average molecular weight is 407 g/mol. The van der Waals surface area contributed by atoms with Crippen molar-refractivity contribution in [1.29, 1.82) is 0 Å². The summed E-state index contributed by atoms with van der Waals surface area (Å²) in [6, 6.07) is 15.1. The minimum absolute atomic E-state index is 0.281. The summed E-state index contributed by atoms with van der Waals surface area (Å²) in [7, 11) is 1.34. The highest BCUT2D eigenvalue weighted by atomic mass is 79.9. The molecule has 3 rings (SSSR count). The zero-order chi connectivity index (χ0) is 17.1. The first-order valence-corrected chi connectivity index (χ1v) is 8.46. The van der Waals surface area contributed by atoms with Crippen LogP contribution in [0.2, 0.25) is 0 Å². The number of hydrogen-bond acceptors (Lipinski definition) is 4. The summed E-state index contributed by atoms with van der Waals surface area (Å²) in [5.41, 5.74) is 1.66. The fraction of sp³-hybridized carbons (Fsp3) is 0.176. The van der Waals surface area contributed by atoms with Crippen molar-refractivity contribution in [3.63, 3.8) is 0 Å². The number of esters is 1. The molecule has 2 aromatic rings. The molecule has 0 radical (unpaired) electrons. The van der Waals surface area contributed by atoms with Gasteiger partial charge in [0, 0.05) is 10.2 Å². The highest BCUT2D eigenvalue weighted by molar-refractivity contribution is 9.10. The second-order valence-electron chi connectivity index (χ2n) is 5.15. The third kappa shape index (κ3) is 3.52. The van der Waals surface area contributed by atoms with Crippen molar-refractivity contribution in [3.05, 3.63) is 53.0 Å². The van der Waals surface area contributed by atoms with Gasteiger partial charge in [0.15, 0.2) is 5.11 Å². The lowest BCUT2D eigenvalue weighted by Gasteiger charge is -2.35. The second-order valence-corrected chi connectivity index (χ2v) is 6.45. The van der Waals surface area contributed by atoms with E-state index in [4.69, 9.17) is 21.7 Å². The van der Waals surface area contributed by atoms with Crippen LogP contribution in [0.5, 0.6) is 5.75 Å². The summed E-state index contributed by atoms with van der Waals surface area (Å²) in [4.78, 5) is 13.7. The molecule has 1 N–H and O–H groups in total. The molecule has 7 heteroatoms. The topological polar surface area (TPSA) is 50.8 Å². The van der Waals surface area contributed by atoms with Crippen molar-refractivity contribution in [2.75, 3.05) is 23.9 Å². The Hall–Kier alpha value is -2.12. The number of nitrogens with zero attached hydrogens (tertiary/aromatic N) is 1. The summed E-state index contributed by atoms with van der Waals surface area (Å²) in [6.45, 7) is 0.281. The largest absolute Gasteiger partial charge is 0.475 e. The van der Waals surface area contributed by atoms with Gasteiger partial charge in [0.05, 0.1) is 19.3 Å². The summed E-state index contributed by atoms with van der Waals surface area (Å²) in [6.07, 6.45) is -0.729. The zero-order valence-electron chi connectivity index (χ0n) is 12.9. The molecule has 0 aromatic heterocycles. The molecule has 0 aliphatic carbocycles. The van der Waals surface area contributed by atoms with Gasteiger partial charge in [-0.05, 0) is 42.5 Å². The number of methoxy groups -OCH3 is 1. The Bertz CT molecular complexity index is 784. The Kier molecular flexibility index (Phi) is 5.01. The number of thiocarbonyl (C=S) groups is 1. The SMILES string of the molecule is COC(=O)[C@H]1CN(C(=S)Nc2cccc(Br)c2)c2ccccc2O1. The quantitative estimate of drug-likeness (QED) is 0.607. The number of anilines is 2. The molecular formula is C17H15BrN2O3S. The maximum Gasteiger partial charge on any atom is 0.348 e. The van der Waals surface area contributed by atoms with Crippen molar-refractivity contribution >= 4 is 50.6 Å². The maximum absolute atomic E-state index is 11.9. The Balaban J connectivity index is 1.87. The summed E-state index contributed by atoms with van der Waals surface area (Å²) < 4.78 is 11.5. The number of carbonyl (C=O) groups excluding carboxylic acids is 1. The van der Waals surface area contributed by atoms with Crippen LogP contribution < -0.4 is 15.0 Å². The molecule has 1 atom stereocenters. The number of rotatable bonds is 2. The summed E-state index contributed by atoms with van der Waals surface area (Å²) in [5.74, 6) is 0.164. The number of fused-ring (bicyclic) bond motifs is 1. The Morgan fingerprint density at radius 1 is 1.33 bits per heavy atom. The van der Waals surface area contributed by atoms with Gasteiger partial charge in [0.1, 0.15) is 5.75 Å². The van der Waals surface area contributed by atoms with Gasteiger partial charge in [-0.1, -0.05) is 34.1 Å². The molecule has 0 amide bonds. The number of benzene rings is 2. The van der Waals surface area contributed by atoms with Gasteiger partial charge >= 0.3 is 5.97 Å². The fourth-order valence-electron chi connectivity index (χ4n) is 2.44. The van der Waals surface area contributed by atoms with E-state index in [1.807, 2.05) is 47.4 Å². The molecule has 2 aromatic carbocycles. The van der Waals surface area contributed by atoms with Crippen LogP contribution in [-0.2, 0) is 9.53 Å². The van der Waals surface area contributed by atoms with Crippen molar-refractivity contribution in [1.82, 2.24) is 0 Å². The molecule has 0 saturated carbocycles. The summed E-state index contributed by atoms with van der Waals surface area (Å²) in [5, 5.41) is 3.67. The van der Waals surface area contributed by atoms with Crippen molar-refractivity contribution in [3.8, 4) is 5.75 Å². The molecule has 24 heavy (non-hydrogen) atoms. The maximum atomic E-state index is 11.9. The van der Waals surface area contributed by atoms with E-state index in [0.29, 0.717) is 10.9 Å². The predicted molar refractivity (Wildman–Crippen MR) is 101 cm³/mol. The highest BCUT2D eigenvalue weighted by Crippen LogP contribution is 2.34. The highest BCUT2D eigenvalue weighted by Gasteiger charge is 2.33. The van der Waals surface area contributed by atoms with E-state index in [0.717, 1.165) is 15.8 Å². The number of nitrogens with one attached hydrogen (secondary N) is 1. The van der Waals surface area contributed by atoms with Gasteiger partial charge in [-0.2, -0.15) is 0 Å². The smallest absolute Gasteiger partial charge is 0.348 e. The van der Waals surface area contributed by atoms with E-state index >= 15 is 0 Å². The van der Waals surface area contributed by atoms with Crippen LogP contribution in [-0.4, -0.2) is 30.8 Å². The lowest BCUT2D eigenvalue weighted by molar-refractivity contribution is -0.148. The standard InChI is InChI=1S/C17H15BrN2O3S/c1-22-16(21)15-10-20(13-7-2-3-8-14(13)23-15)17(24)19-12-6-4-5-11(18)9-12/h2-9,15H,10H2,1H3,(H,19,24)/t15-/m1/s1. The molecular weight excluding hydrogens is 392 g/mol. The molecule has 1 heterocycles. The van der Waals surface area contributed by atoms with Crippen LogP contribution >= 0.6 is 28.1 Å². The first kappa shape index (κ1) is 16.7. The Morgan fingerprint density at radius 2 is 2.12 bits per heavy atom. The van der Waals surface area contributed by atoms with Crippen molar-refractivity contribution < 1.29 is 14.3 Å². The predicted octanol–water partition coefficient (Wildman–Crippen LogP) is 3.59. The van der Waals surface area contributed by atoms with E-state index in [9.17, 15) is 4.79 Å². The first-order chi connectivity index (χ1) is 11.6. The molecule has 0 fully saturated rings. The number of halogens is 1. The average Bonchev–Trinajstić information content (AvgIpc) is 2.60. The number of ether oxygens (including phenoxy) is 2. The number of hydrogen-bond donors (Lipinski definition) is 1. The lowest BCUT2D eigenvalue weighted by Crippen LogP contribution is -2.48. The van der Waals surface area contributed by atoms with Gasteiger partial charge in [-0.25, -0.2) is 4.79 Å². The minimum atomic E-state index is -0.729. The number of para-hydroxylation sites is 2. The van der Waals surface area contributed by atoms with Gasteiger partial charge in [-0.15, -0.1) is 0 Å². The van der Waals surface area contributed by atoms with E-state index in [-0.39, 0.29) is 6.54 Å². The molecule has 1 aliphatic heterocycles. The third-order valence-corrected chi connectivity index (χ3v) is 4.37. The van der Waals surface area contributed by atoms with Crippen molar-refractivity contribution in [2.45, 2.75) is 6.10 Å². The van der Waals surface area contributed by atoms with Gasteiger partial charge in [0.2, 0.25) is 6.10 Å². The first-order valence-electron chi connectivity index (χ1n) is 7.26. The van der Waals surface area contributed by atoms with Gasteiger partial charge in [0.25, 0.3) is 0 Å². The monoisotopic (exact) mass is 406 g/mol. The molecule has 124 valence electrons. The normalized spacial score (nSPS) is 15.9. The Labute approximate surface area is 153 Å². The van der Waals surface area contributed by atoms with Crippen LogP contribution in [0.15, 0.2) is 53.0 Å². The zero-order valence-corrected chi connectivity index (χ0v) is 15.3. The molecule has 0 spiro atoms. The molecule has 0 saturated heterocycles. The van der Waals surface area contributed by atoms with Crippen LogP contribution in [0.4, 0.5) is 11.4 Å². The molecule has 5 nitrogen and oxygen atoms in total. The van der Waals surface area contributed by atoms with E-state index in [1.54, 1.807) is 6.07 Å². The fourth-order valence-corrected chi connectivity index (χ4v) is 3.13. The third-order valence-electron chi connectivity index (χ3n) is 3.56. The van der Waals surface area contributed by atoms with Gasteiger partial charge < -0.3 is 19.7 Å². The minimum Gasteiger partial charge on any atom is -0.475 e. The second kappa shape index (κ2) is 7.19. The van der Waals surface area contributed by atoms with Crippen molar-refractivity contribution in [2.24, 2.45) is 0 Å². The van der Waals surface area contributed by atoms with E-state index in [2.05, 4.69) is 21.2 Å². The molecule has 0 bridgehead atoms. The van der Waals surface area contributed by atoms with Crippen LogP contribution in [0.3, 0.4) is 0 Å². The summed E-state index contributed by atoms with van der Waals surface area (Å²) >= 11 is 8.98. The number of carbonyl (C=O) groups is 1. The van der Waals surface area contributed by atoms with Gasteiger partial charge in [-0.3, -0.25) is 0 Å². The van der Waals surface area contributed by atoms with E-state index in [1.165, 1.54) is 7.11 Å². The lowest BCUT2D eigenvalue weighted by atomic mass is 10.2. The van der Waals surface area contributed by atoms with Crippen LogP contribution in [0, 0.1) is 0 Å². The van der Waals surface area contributed by atoms with Crippen LogP contribution in [0.1, 0.15) is 0 Å². The van der Waals surface area contributed by atoms with E-state index < -0.39 is 12.1 Å². The molecule has 1 aliphatic rings. The molecule has 0 unspecified atom stereocenters. The van der Waals surface area contributed by atoms with Crippen LogP contribution in [0.25, 0.3) is 0 Å².